The second-order valence-electron chi connectivity index (χ2n) is 5.67. The van der Waals surface area contributed by atoms with Crippen LogP contribution in [-0.4, -0.2) is 74.0 Å². The molecule has 0 atom stereocenters. The van der Waals surface area contributed by atoms with Crippen molar-refractivity contribution in [3.05, 3.63) is 28.8 Å². The summed E-state index contributed by atoms with van der Waals surface area (Å²) in [6, 6.07) is 5.07. The van der Waals surface area contributed by atoms with Crippen molar-refractivity contribution >= 4 is 23.2 Å². The molecule has 6 heteroatoms. The van der Waals surface area contributed by atoms with Crippen molar-refractivity contribution in [1.29, 1.82) is 0 Å². The van der Waals surface area contributed by atoms with Crippen LogP contribution in [0.1, 0.15) is 10.4 Å². The van der Waals surface area contributed by atoms with Gasteiger partial charge in [-0.2, -0.15) is 0 Å². The van der Waals surface area contributed by atoms with Crippen molar-refractivity contribution in [1.82, 2.24) is 14.7 Å². The molecule has 0 saturated carbocycles. The van der Waals surface area contributed by atoms with E-state index in [9.17, 15) is 4.79 Å². The van der Waals surface area contributed by atoms with Crippen LogP contribution in [0.15, 0.2) is 18.2 Å². The van der Waals surface area contributed by atoms with Crippen molar-refractivity contribution in [2.24, 2.45) is 0 Å². The van der Waals surface area contributed by atoms with Crippen LogP contribution in [0.25, 0.3) is 0 Å². The number of nitrogens with zero attached hydrogens (tertiary/aromatic N) is 3. The molecule has 1 heterocycles. The minimum absolute atomic E-state index is 0.0316. The van der Waals surface area contributed by atoms with Gasteiger partial charge in [0.15, 0.2) is 0 Å². The lowest BCUT2D eigenvalue weighted by molar-refractivity contribution is 0.0630. The normalized spacial score (nSPS) is 16.5. The summed E-state index contributed by atoms with van der Waals surface area (Å²) < 4.78 is 0. The number of hydrogen-bond acceptors (Lipinski definition) is 4. The van der Waals surface area contributed by atoms with E-state index in [2.05, 4.69) is 23.9 Å². The molecule has 1 aromatic rings. The summed E-state index contributed by atoms with van der Waals surface area (Å²) in [6.07, 6.45) is 0. The summed E-state index contributed by atoms with van der Waals surface area (Å²) in [7, 11) is 4.15. The fourth-order valence-electron chi connectivity index (χ4n) is 2.36. The van der Waals surface area contributed by atoms with E-state index in [-0.39, 0.29) is 5.91 Å². The Balaban J connectivity index is 1.89. The molecule has 2 N–H and O–H groups in total. The molecule has 0 bridgehead atoms. The van der Waals surface area contributed by atoms with Crippen molar-refractivity contribution in [2.45, 2.75) is 0 Å². The average Bonchev–Trinajstić information content (AvgIpc) is 2.48. The molecule has 116 valence electrons. The lowest BCUT2D eigenvalue weighted by Crippen LogP contribution is -2.49. The van der Waals surface area contributed by atoms with Gasteiger partial charge in [0.05, 0.1) is 10.7 Å². The zero-order chi connectivity index (χ0) is 15.4. The number of amides is 1. The third kappa shape index (κ3) is 4.33. The molecule has 5 nitrogen and oxygen atoms in total. The SMILES string of the molecule is CN(C)CCN1CCN(C(=O)c2ccc(N)c(Cl)c2)CC1. The molecule has 0 aliphatic carbocycles. The maximum Gasteiger partial charge on any atom is 0.253 e. The molecule has 0 aromatic heterocycles. The largest absolute Gasteiger partial charge is 0.398 e. The van der Waals surface area contributed by atoms with Gasteiger partial charge in [-0.1, -0.05) is 11.6 Å². The Morgan fingerprint density at radius 2 is 1.95 bits per heavy atom. The smallest absolute Gasteiger partial charge is 0.253 e. The molecule has 1 aliphatic rings. The van der Waals surface area contributed by atoms with Gasteiger partial charge >= 0.3 is 0 Å². The lowest BCUT2D eigenvalue weighted by Gasteiger charge is -2.35. The molecule has 0 unspecified atom stereocenters. The van der Waals surface area contributed by atoms with E-state index in [4.69, 9.17) is 17.3 Å². The molecule has 1 fully saturated rings. The number of piperazine rings is 1. The predicted octanol–water partition coefficient (Wildman–Crippen LogP) is 1.24. The number of anilines is 1. The highest BCUT2D eigenvalue weighted by molar-refractivity contribution is 6.33. The molecular formula is C15H23ClN4O. The number of likely N-dealkylation sites (N-methyl/N-ethyl adjacent to an activating group) is 1. The number of hydrogen-bond donors (Lipinski definition) is 1. The lowest BCUT2D eigenvalue weighted by atomic mass is 10.1. The topological polar surface area (TPSA) is 52.8 Å². The first-order chi connectivity index (χ1) is 9.97. The van der Waals surface area contributed by atoms with Crippen molar-refractivity contribution < 1.29 is 4.79 Å². The number of nitrogens with two attached hydrogens (primary N) is 1. The van der Waals surface area contributed by atoms with Gasteiger partial charge in [0.25, 0.3) is 5.91 Å². The number of halogens is 1. The first kappa shape index (κ1) is 16.1. The minimum Gasteiger partial charge on any atom is -0.398 e. The highest BCUT2D eigenvalue weighted by atomic mass is 35.5. The van der Waals surface area contributed by atoms with E-state index in [1.54, 1.807) is 18.2 Å². The summed E-state index contributed by atoms with van der Waals surface area (Å²) in [6.45, 7) is 5.44. The second-order valence-corrected chi connectivity index (χ2v) is 6.08. The number of benzene rings is 1. The number of carbonyl (C=O) groups is 1. The van der Waals surface area contributed by atoms with Crippen LogP contribution in [0.2, 0.25) is 5.02 Å². The Kier molecular flexibility index (Phi) is 5.45. The van der Waals surface area contributed by atoms with E-state index in [0.29, 0.717) is 16.3 Å². The van der Waals surface area contributed by atoms with Crippen LogP contribution in [0.4, 0.5) is 5.69 Å². The zero-order valence-electron chi connectivity index (χ0n) is 12.7. The maximum atomic E-state index is 12.4. The van der Waals surface area contributed by atoms with Gasteiger partial charge in [0.1, 0.15) is 0 Å². The van der Waals surface area contributed by atoms with Gasteiger partial charge < -0.3 is 15.5 Å². The minimum atomic E-state index is 0.0316. The Labute approximate surface area is 131 Å². The van der Waals surface area contributed by atoms with Crippen LogP contribution < -0.4 is 5.73 Å². The summed E-state index contributed by atoms with van der Waals surface area (Å²) in [5.74, 6) is 0.0316. The molecule has 0 spiro atoms. The quantitative estimate of drug-likeness (QED) is 0.850. The van der Waals surface area contributed by atoms with E-state index in [0.717, 1.165) is 39.3 Å². The van der Waals surface area contributed by atoms with Gasteiger partial charge in [0.2, 0.25) is 0 Å². The van der Waals surface area contributed by atoms with Crippen molar-refractivity contribution in [3.63, 3.8) is 0 Å². The summed E-state index contributed by atoms with van der Waals surface area (Å²) >= 11 is 5.98. The first-order valence-corrected chi connectivity index (χ1v) is 7.56. The summed E-state index contributed by atoms with van der Waals surface area (Å²) in [5.41, 5.74) is 6.78. The maximum absolute atomic E-state index is 12.4. The Bertz CT molecular complexity index is 498. The fraction of sp³-hybridized carbons (Fsp3) is 0.533. The monoisotopic (exact) mass is 310 g/mol. The van der Waals surface area contributed by atoms with E-state index >= 15 is 0 Å². The van der Waals surface area contributed by atoms with Crippen LogP contribution >= 0.6 is 11.6 Å². The van der Waals surface area contributed by atoms with Gasteiger partial charge in [-0.3, -0.25) is 9.69 Å². The van der Waals surface area contributed by atoms with Crippen molar-refractivity contribution in [2.75, 3.05) is 59.1 Å². The standard InChI is InChI=1S/C15H23ClN4O/c1-18(2)5-6-19-7-9-20(10-8-19)15(21)12-3-4-14(17)13(16)11-12/h3-4,11H,5-10,17H2,1-2H3. The molecular weight excluding hydrogens is 288 g/mol. The van der Waals surface area contributed by atoms with Gasteiger partial charge in [0, 0.05) is 44.8 Å². The molecule has 1 aromatic carbocycles. The highest BCUT2D eigenvalue weighted by Crippen LogP contribution is 2.21. The number of carbonyl (C=O) groups excluding carboxylic acids is 1. The second kappa shape index (κ2) is 7.11. The fourth-order valence-corrected chi connectivity index (χ4v) is 2.54. The van der Waals surface area contributed by atoms with Gasteiger partial charge in [-0.05, 0) is 32.3 Å². The van der Waals surface area contributed by atoms with Gasteiger partial charge in [-0.25, -0.2) is 0 Å². The third-order valence-electron chi connectivity index (χ3n) is 3.77. The van der Waals surface area contributed by atoms with E-state index in [1.165, 1.54) is 0 Å². The van der Waals surface area contributed by atoms with Gasteiger partial charge in [-0.15, -0.1) is 0 Å². The Hall–Kier alpha value is -1.30. The highest BCUT2D eigenvalue weighted by Gasteiger charge is 2.22. The van der Waals surface area contributed by atoms with E-state index in [1.807, 2.05) is 4.90 Å². The van der Waals surface area contributed by atoms with Crippen LogP contribution in [0, 0.1) is 0 Å². The first-order valence-electron chi connectivity index (χ1n) is 7.19. The van der Waals surface area contributed by atoms with Crippen molar-refractivity contribution in [3.8, 4) is 0 Å². The molecule has 2 rings (SSSR count). The molecule has 1 saturated heterocycles. The average molecular weight is 311 g/mol. The molecule has 1 amide bonds. The van der Waals surface area contributed by atoms with Crippen LogP contribution in [0.3, 0.4) is 0 Å². The third-order valence-corrected chi connectivity index (χ3v) is 4.10. The van der Waals surface area contributed by atoms with E-state index < -0.39 is 0 Å². The predicted molar refractivity (Wildman–Crippen MR) is 86.8 cm³/mol. The number of nitrogen functional groups attached to an aromatic ring is 1. The summed E-state index contributed by atoms with van der Waals surface area (Å²) in [5, 5.41) is 0.436. The number of rotatable bonds is 4. The Morgan fingerprint density at radius 1 is 1.29 bits per heavy atom. The Morgan fingerprint density at radius 3 is 2.52 bits per heavy atom. The van der Waals surface area contributed by atoms with Crippen LogP contribution in [0.5, 0.6) is 0 Å². The summed E-state index contributed by atoms with van der Waals surface area (Å²) in [4.78, 5) is 18.9. The molecule has 21 heavy (non-hydrogen) atoms. The molecule has 0 radical (unpaired) electrons. The van der Waals surface area contributed by atoms with Crippen LogP contribution in [-0.2, 0) is 0 Å². The molecule has 1 aliphatic heterocycles. The zero-order valence-corrected chi connectivity index (χ0v) is 13.4.